The summed E-state index contributed by atoms with van der Waals surface area (Å²) in [5, 5.41) is 26.1. The van der Waals surface area contributed by atoms with E-state index >= 15 is 0 Å². The minimum Gasteiger partial charge on any atom is -0.271 e. The lowest BCUT2D eigenvalue weighted by Gasteiger charge is -2.36. The Morgan fingerprint density at radius 3 is 2.59 bits per heavy atom. The van der Waals surface area contributed by atoms with Crippen LogP contribution in [0.25, 0.3) is 0 Å². The Morgan fingerprint density at radius 2 is 2.00 bits per heavy atom. The molecule has 0 saturated carbocycles. The van der Waals surface area contributed by atoms with Crippen molar-refractivity contribution in [3.63, 3.8) is 0 Å². The van der Waals surface area contributed by atoms with Crippen LogP contribution in [-0.4, -0.2) is 15.6 Å². The highest BCUT2D eigenvalue weighted by atomic mass is 16.6. The molecule has 0 aliphatic heterocycles. The fraction of sp³-hybridized carbons (Fsp3) is 0.421. The van der Waals surface area contributed by atoms with E-state index in [4.69, 9.17) is 0 Å². The van der Waals surface area contributed by atoms with Crippen molar-refractivity contribution in [1.29, 1.82) is 0 Å². The third-order valence-electron chi connectivity index (χ3n) is 4.86. The molecule has 1 unspecified atom stereocenters. The number of nitro groups is 2. The lowest BCUT2D eigenvalue weighted by Crippen LogP contribution is -2.26. The molecular weight excluding hydrogens is 348 g/mol. The number of hydrazone groups is 1. The van der Waals surface area contributed by atoms with Crippen LogP contribution in [0.15, 0.2) is 47.1 Å². The number of hydrogen-bond donors (Lipinski definition) is 1. The second-order valence-corrected chi connectivity index (χ2v) is 7.39. The quantitative estimate of drug-likeness (QED) is 0.318. The van der Waals surface area contributed by atoms with Crippen LogP contribution >= 0.6 is 0 Å². The van der Waals surface area contributed by atoms with Crippen LogP contribution in [0.5, 0.6) is 0 Å². The van der Waals surface area contributed by atoms with Gasteiger partial charge in [-0.2, -0.15) is 5.10 Å². The summed E-state index contributed by atoms with van der Waals surface area (Å²) in [4.78, 5) is 20.6. The summed E-state index contributed by atoms with van der Waals surface area (Å²) in [6.07, 6.45) is 8.45. The lowest BCUT2D eigenvalue weighted by molar-refractivity contribution is -0.393. The third kappa shape index (κ3) is 4.99. The highest BCUT2D eigenvalue weighted by Crippen LogP contribution is 2.41. The van der Waals surface area contributed by atoms with Crippen LogP contribution < -0.4 is 5.43 Å². The maximum absolute atomic E-state index is 11.2. The molecule has 1 aliphatic carbocycles. The summed E-state index contributed by atoms with van der Waals surface area (Å²) >= 11 is 0. The molecule has 8 nitrogen and oxygen atoms in total. The molecule has 144 valence electrons. The molecule has 8 heteroatoms. The average Bonchev–Trinajstić information content (AvgIpc) is 2.58. The number of anilines is 1. The molecule has 0 heterocycles. The van der Waals surface area contributed by atoms with Gasteiger partial charge in [0.15, 0.2) is 0 Å². The maximum Gasteiger partial charge on any atom is 0.301 e. The van der Waals surface area contributed by atoms with Crippen molar-refractivity contribution < 1.29 is 9.85 Å². The van der Waals surface area contributed by atoms with Crippen molar-refractivity contribution >= 4 is 22.8 Å². The van der Waals surface area contributed by atoms with Gasteiger partial charge in [0.25, 0.3) is 5.69 Å². The molecule has 2 rings (SSSR count). The van der Waals surface area contributed by atoms with E-state index in [0.29, 0.717) is 11.6 Å². The number of nitrogens with zero attached hydrogens (tertiary/aromatic N) is 3. The minimum absolute atomic E-state index is 0.104. The molecule has 1 aromatic rings. The van der Waals surface area contributed by atoms with Crippen molar-refractivity contribution in [2.75, 3.05) is 5.43 Å². The van der Waals surface area contributed by atoms with Crippen LogP contribution in [0.3, 0.4) is 0 Å². The fourth-order valence-electron chi connectivity index (χ4n) is 3.28. The Labute approximate surface area is 158 Å². The summed E-state index contributed by atoms with van der Waals surface area (Å²) in [5.74, 6) is 0.310. The average molecular weight is 372 g/mol. The smallest absolute Gasteiger partial charge is 0.271 e. The number of nitro benzene ring substituents is 2. The largest absolute Gasteiger partial charge is 0.301 e. The van der Waals surface area contributed by atoms with Gasteiger partial charge in [0.1, 0.15) is 5.69 Å². The maximum atomic E-state index is 11.2. The molecule has 0 saturated heterocycles. The second-order valence-electron chi connectivity index (χ2n) is 7.39. The van der Waals surface area contributed by atoms with E-state index in [1.54, 1.807) is 6.92 Å². The van der Waals surface area contributed by atoms with Crippen molar-refractivity contribution in [2.24, 2.45) is 16.4 Å². The van der Waals surface area contributed by atoms with Gasteiger partial charge in [-0.25, -0.2) is 0 Å². The first kappa shape index (κ1) is 20.3. The number of nitrogens with one attached hydrogen (secondary N) is 1. The lowest BCUT2D eigenvalue weighted by atomic mass is 9.68. The molecular formula is C19H24N4O4. The van der Waals surface area contributed by atoms with E-state index in [0.717, 1.165) is 18.9 Å². The Bertz CT molecular complexity index is 840. The zero-order chi connectivity index (χ0) is 20.2. The molecule has 1 aliphatic rings. The van der Waals surface area contributed by atoms with E-state index in [2.05, 4.69) is 43.5 Å². The second kappa shape index (κ2) is 8.11. The zero-order valence-electron chi connectivity index (χ0n) is 15.9. The van der Waals surface area contributed by atoms with Crippen LogP contribution in [0.1, 0.15) is 40.5 Å². The van der Waals surface area contributed by atoms with Gasteiger partial charge in [0, 0.05) is 12.0 Å². The standard InChI is InChI=1S/C19H24N4O4/c1-13-6-5-11-19(3,4)16(13)9-7-14(2)20-21-17-10-8-15(22(24)25)12-18(17)23(26)27/h6-10,12,16,21H,5,11H2,1-4H3/b9-7+,20-14-. The Kier molecular flexibility index (Phi) is 6.09. The molecule has 0 aromatic heterocycles. The van der Waals surface area contributed by atoms with Gasteiger partial charge in [-0.15, -0.1) is 0 Å². The Hall–Kier alpha value is -3.03. The summed E-state index contributed by atoms with van der Waals surface area (Å²) in [6.45, 7) is 8.39. The van der Waals surface area contributed by atoms with Gasteiger partial charge < -0.3 is 0 Å². The molecule has 1 atom stereocenters. The monoisotopic (exact) mass is 372 g/mol. The van der Waals surface area contributed by atoms with Crippen molar-refractivity contribution in [2.45, 2.75) is 40.5 Å². The van der Waals surface area contributed by atoms with E-state index < -0.39 is 15.5 Å². The summed E-state index contributed by atoms with van der Waals surface area (Å²) in [5.41, 5.74) is 4.16. The van der Waals surface area contributed by atoms with E-state index in [9.17, 15) is 20.2 Å². The normalized spacial score (nSPS) is 19.6. The van der Waals surface area contributed by atoms with Gasteiger partial charge in [-0.05, 0) is 44.2 Å². The summed E-state index contributed by atoms with van der Waals surface area (Å²) < 4.78 is 0. The van der Waals surface area contributed by atoms with Gasteiger partial charge in [0.2, 0.25) is 0 Å². The molecule has 0 amide bonds. The van der Waals surface area contributed by atoms with Crippen molar-refractivity contribution in [3.8, 4) is 0 Å². The van der Waals surface area contributed by atoms with Crippen molar-refractivity contribution in [1.82, 2.24) is 0 Å². The van der Waals surface area contributed by atoms with Crippen LogP contribution in [0.2, 0.25) is 0 Å². The van der Waals surface area contributed by atoms with Gasteiger partial charge >= 0.3 is 5.69 Å². The van der Waals surface area contributed by atoms with Crippen LogP contribution in [-0.2, 0) is 0 Å². The minimum atomic E-state index is -0.672. The molecule has 1 N–H and O–H groups in total. The first-order chi connectivity index (χ1) is 12.6. The van der Waals surface area contributed by atoms with Gasteiger partial charge in [-0.1, -0.05) is 31.6 Å². The SMILES string of the molecule is CC1=CCCC(C)(C)C1/C=C/C(C)=N\Nc1ccc([N+](=O)[O-])cc1[N+](=O)[O-]. The first-order valence-electron chi connectivity index (χ1n) is 8.70. The third-order valence-corrected chi connectivity index (χ3v) is 4.86. The number of allylic oxidation sites excluding steroid dienone is 4. The topological polar surface area (TPSA) is 111 Å². The number of benzene rings is 1. The predicted octanol–water partition coefficient (Wildman–Crippen LogP) is 5.23. The molecule has 27 heavy (non-hydrogen) atoms. The molecule has 0 bridgehead atoms. The summed E-state index contributed by atoms with van der Waals surface area (Å²) in [7, 11) is 0. The van der Waals surface area contributed by atoms with E-state index in [1.807, 2.05) is 6.08 Å². The molecule has 1 aromatic carbocycles. The fourth-order valence-corrected chi connectivity index (χ4v) is 3.28. The van der Waals surface area contributed by atoms with Crippen LogP contribution in [0, 0.1) is 31.6 Å². The number of rotatable bonds is 6. The molecule has 0 fully saturated rings. The Morgan fingerprint density at radius 1 is 1.30 bits per heavy atom. The van der Waals surface area contributed by atoms with E-state index in [1.165, 1.54) is 17.7 Å². The highest BCUT2D eigenvalue weighted by Gasteiger charge is 2.30. The van der Waals surface area contributed by atoms with Gasteiger partial charge in [-0.3, -0.25) is 25.7 Å². The first-order valence-corrected chi connectivity index (χ1v) is 8.70. The molecule has 0 spiro atoms. The van der Waals surface area contributed by atoms with Crippen molar-refractivity contribution in [3.05, 3.63) is 62.2 Å². The number of non-ortho nitro benzene ring substituents is 1. The predicted molar refractivity (Wildman–Crippen MR) is 106 cm³/mol. The summed E-state index contributed by atoms with van der Waals surface area (Å²) in [6, 6.07) is 3.41. The zero-order valence-corrected chi connectivity index (χ0v) is 15.9. The Balaban J connectivity index is 2.18. The van der Waals surface area contributed by atoms with Gasteiger partial charge in [0.05, 0.1) is 21.6 Å². The van der Waals surface area contributed by atoms with Crippen LogP contribution in [0.4, 0.5) is 17.1 Å². The molecule has 0 radical (unpaired) electrons. The highest BCUT2D eigenvalue weighted by molar-refractivity contribution is 5.93. The van der Waals surface area contributed by atoms with E-state index in [-0.39, 0.29) is 16.8 Å². The number of hydrogen-bond acceptors (Lipinski definition) is 6.